The lowest BCUT2D eigenvalue weighted by molar-refractivity contribution is -0.126. The van der Waals surface area contributed by atoms with Gasteiger partial charge in [-0.05, 0) is 18.6 Å². The molecule has 1 aliphatic rings. The molecule has 0 spiro atoms. The third kappa shape index (κ3) is 2.96. The van der Waals surface area contributed by atoms with Crippen LogP contribution < -0.4 is 11.1 Å². The van der Waals surface area contributed by atoms with E-state index in [1.165, 1.54) is 0 Å². The van der Waals surface area contributed by atoms with Crippen LogP contribution in [0.4, 0.5) is 0 Å². The van der Waals surface area contributed by atoms with E-state index in [-0.39, 0.29) is 12.5 Å². The van der Waals surface area contributed by atoms with E-state index in [2.05, 4.69) is 10.4 Å². The third-order valence-corrected chi connectivity index (χ3v) is 3.61. The maximum absolute atomic E-state index is 12.1. The monoisotopic (exact) mass is 286 g/mol. The second kappa shape index (κ2) is 5.67. The zero-order chi connectivity index (χ0) is 14.7. The number of carbonyl (C=O) groups is 1. The Balaban J connectivity index is 1.62. The molecule has 0 saturated carbocycles. The number of nitrogens with two attached hydrogens (primary N) is 1. The van der Waals surface area contributed by atoms with E-state index in [4.69, 9.17) is 10.5 Å². The molecule has 6 nitrogen and oxygen atoms in total. The Labute approximate surface area is 122 Å². The Kier molecular flexibility index (Phi) is 3.72. The van der Waals surface area contributed by atoms with Crippen LogP contribution in [0.15, 0.2) is 42.7 Å². The highest BCUT2D eigenvalue weighted by Gasteiger charge is 2.37. The van der Waals surface area contributed by atoms with Crippen molar-refractivity contribution in [2.24, 2.45) is 5.73 Å². The topological polar surface area (TPSA) is 82.2 Å². The Morgan fingerprint density at radius 1 is 1.43 bits per heavy atom. The molecule has 1 aromatic carbocycles. The second-order valence-corrected chi connectivity index (χ2v) is 5.27. The number of nitrogens with one attached hydrogen (secondary N) is 1. The van der Waals surface area contributed by atoms with Crippen molar-refractivity contribution < 1.29 is 9.53 Å². The molecule has 1 unspecified atom stereocenters. The van der Waals surface area contributed by atoms with E-state index < -0.39 is 5.54 Å². The Morgan fingerprint density at radius 2 is 2.24 bits per heavy atom. The molecule has 1 aliphatic heterocycles. The number of aromatic nitrogens is 2. The molecular formula is C15H18N4O2. The summed E-state index contributed by atoms with van der Waals surface area (Å²) in [5.74, 6) is -0.174. The van der Waals surface area contributed by atoms with E-state index in [0.29, 0.717) is 19.6 Å². The number of hydrogen-bond donors (Lipinski definition) is 2. The number of rotatable bonds is 4. The van der Waals surface area contributed by atoms with E-state index in [1.807, 2.05) is 36.5 Å². The predicted octanol–water partition coefficient (Wildman–Crippen LogP) is 0.606. The standard InChI is InChI=1S/C15H18N4O2/c16-15(6-7-21-11-15)14(20)17-8-12-9-18-19(10-12)13-4-2-1-3-5-13/h1-5,9-10H,6-8,11,16H2,(H,17,20). The summed E-state index contributed by atoms with van der Waals surface area (Å²) in [7, 11) is 0. The molecule has 3 N–H and O–H groups in total. The van der Waals surface area contributed by atoms with Crippen LogP contribution in [0.5, 0.6) is 0 Å². The summed E-state index contributed by atoms with van der Waals surface area (Å²) in [6.07, 6.45) is 4.19. The maximum Gasteiger partial charge on any atom is 0.242 e. The molecule has 0 bridgehead atoms. The van der Waals surface area contributed by atoms with Crippen LogP contribution in [0.3, 0.4) is 0 Å². The van der Waals surface area contributed by atoms with Crippen molar-refractivity contribution in [2.45, 2.75) is 18.5 Å². The minimum Gasteiger partial charge on any atom is -0.379 e. The highest BCUT2D eigenvalue weighted by molar-refractivity contribution is 5.86. The third-order valence-electron chi connectivity index (χ3n) is 3.61. The quantitative estimate of drug-likeness (QED) is 0.862. The summed E-state index contributed by atoms with van der Waals surface area (Å²) in [5, 5.41) is 7.14. The number of amides is 1. The van der Waals surface area contributed by atoms with Crippen LogP contribution in [0.1, 0.15) is 12.0 Å². The minimum absolute atomic E-state index is 0.174. The lowest BCUT2D eigenvalue weighted by atomic mass is 9.99. The van der Waals surface area contributed by atoms with Crippen LogP contribution in [-0.4, -0.2) is 34.4 Å². The first kappa shape index (κ1) is 13.8. The molecule has 110 valence electrons. The Hall–Kier alpha value is -2.18. The van der Waals surface area contributed by atoms with Crippen molar-refractivity contribution in [3.8, 4) is 5.69 Å². The Bertz CT molecular complexity index is 618. The van der Waals surface area contributed by atoms with Gasteiger partial charge in [0.2, 0.25) is 5.91 Å². The number of para-hydroxylation sites is 1. The van der Waals surface area contributed by atoms with Gasteiger partial charge in [0.15, 0.2) is 0 Å². The van der Waals surface area contributed by atoms with Gasteiger partial charge in [0.25, 0.3) is 0 Å². The zero-order valence-corrected chi connectivity index (χ0v) is 11.7. The molecule has 2 aromatic rings. The molecular weight excluding hydrogens is 268 g/mol. The van der Waals surface area contributed by atoms with Crippen LogP contribution in [0, 0.1) is 0 Å². The number of benzene rings is 1. The number of carbonyl (C=O) groups excluding carboxylic acids is 1. The van der Waals surface area contributed by atoms with Crippen LogP contribution in [0.2, 0.25) is 0 Å². The van der Waals surface area contributed by atoms with Gasteiger partial charge >= 0.3 is 0 Å². The first-order chi connectivity index (χ1) is 10.2. The van der Waals surface area contributed by atoms with Gasteiger partial charge in [-0.1, -0.05) is 18.2 Å². The van der Waals surface area contributed by atoms with E-state index in [1.54, 1.807) is 10.9 Å². The first-order valence-electron chi connectivity index (χ1n) is 6.91. The van der Waals surface area contributed by atoms with E-state index in [9.17, 15) is 4.79 Å². The maximum atomic E-state index is 12.1. The second-order valence-electron chi connectivity index (χ2n) is 5.27. The Morgan fingerprint density at radius 3 is 2.95 bits per heavy atom. The SMILES string of the molecule is NC1(C(=O)NCc2cnn(-c3ccccc3)c2)CCOC1. The average molecular weight is 286 g/mol. The number of hydrogen-bond acceptors (Lipinski definition) is 4. The fraction of sp³-hybridized carbons (Fsp3) is 0.333. The number of ether oxygens (including phenoxy) is 1. The normalized spacial score (nSPS) is 21.4. The van der Waals surface area contributed by atoms with Gasteiger partial charge in [0.1, 0.15) is 5.54 Å². The average Bonchev–Trinajstić information content (AvgIpc) is 3.15. The van der Waals surface area contributed by atoms with E-state index >= 15 is 0 Å². The molecule has 1 fully saturated rings. The van der Waals surface area contributed by atoms with Gasteiger partial charge in [0.05, 0.1) is 18.5 Å². The lowest BCUT2D eigenvalue weighted by Crippen LogP contribution is -2.54. The summed E-state index contributed by atoms with van der Waals surface area (Å²) in [5.41, 5.74) is 7.02. The van der Waals surface area contributed by atoms with Gasteiger partial charge in [-0.2, -0.15) is 5.10 Å². The molecule has 6 heteroatoms. The molecule has 0 radical (unpaired) electrons. The molecule has 2 heterocycles. The zero-order valence-electron chi connectivity index (χ0n) is 11.7. The largest absolute Gasteiger partial charge is 0.379 e. The summed E-state index contributed by atoms with van der Waals surface area (Å²) in [6.45, 7) is 1.22. The summed E-state index contributed by atoms with van der Waals surface area (Å²) >= 11 is 0. The molecule has 3 rings (SSSR count). The fourth-order valence-corrected chi connectivity index (χ4v) is 2.29. The van der Waals surface area contributed by atoms with E-state index in [0.717, 1.165) is 11.3 Å². The number of nitrogens with zero attached hydrogens (tertiary/aromatic N) is 2. The lowest BCUT2D eigenvalue weighted by Gasteiger charge is -2.20. The predicted molar refractivity (Wildman–Crippen MR) is 77.8 cm³/mol. The van der Waals surface area contributed by atoms with Crippen molar-refractivity contribution in [1.82, 2.24) is 15.1 Å². The van der Waals surface area contributed by atoms with Crippen molar-refractivity contribution >= 4 is 5.91 Å². The molecule has 1 aromatic heterocycles. The smallest absolute Gasteiger partial charge is 0.242 e. The van der Waals surface area contributed by atoms with Crippen molar-refractivity contribution in [3.05, 3.63) is 48.3 Å². The fourth-order valence-electron chi connectivity index (χ4n) is 2.29. The van der Waals surface area contributed by atoms with Crippen molar-refractivity contribution in [1.29, 1.82) is 0 Å². The molecule has 1 atom stereocenters. The summed E-state index contributed by atoms with van der Waals surface area (Å²) in [6, 6.07) is 9.81. The van der Waals surface area contributed by atoms with Crippen LogP contribution in [-0.2, 0) is 16.1 Å². The summed E-state index contributed by atoms with van der Waals surface area (Å²) in [4.78, 5) is 12.1. The highest BCUT2D eigenvalue weighted by Crippen LogP contribution is 2.15. The van der Waals surface area contributed by atoms with Gasteiger partial charge < -0.3 is 15.8 Å². The van der Waals surface area contributed by atoms with Crippen LogP contribution in [0.25, 0.3) is 5.69 Å². The van der Waals surface area contributed by atoms with Gasteiger partial charge in [-0.3, -0.25) is 4.79 Å². The van der Waals surface area contributed by atoms with Crippen molar-refractivity contribution in [2.75, 3.05) is 13.2 Å². The summed E-state index contributed by atoms with van der Waals surface area (Å²) < 4.78 is 6.97. The minimum atomic E-state index is -0.893. The van der Waals surface area contributed by atoms with Gasteiger partial charge in [0, 0.05) is 24.9 Å². The molecule has 0 aliphatic carbocycles. The van der Waals surface area contributed by atoms with Gasteiger partial charge in [-0.15, -0.1) is 0 Å². The molecule has 1 amide bonds. The van der Waals surface area contributed by atoms with Gasteiger partial charge in [-0.25, -0.2) is 4.68 Å². The van der Waals surface area contributed by atoms with Crippen molar-refractivity contribution in [3.63, 3.8) is 0 Å². The highest BCUT2D eigenvalue weighted by atomic mass is 16.5. The first-order valence-corrected chi connectivity index (χ1v) is 6.91. The van der Waals surface area contributed by atoms with Crippen LogP contribution >= 0.6 is 0 Å². The molecule has 1 saturated heterocycles. The molecule has 21 heavy (non-hydrogen) atoms.